The van der Waals surface area contributed by atoms with Crippen molar-refractivity contribution in [1.29, 1.82) is 0 Å². The molecule has 2 aromatic rings. The van der Waals surface area contributed by atoms with E-state index < -0.39 is 10.0 Å². The number of carbonyl (C=O) groups excluding carboxylic acids is 1. The molecule has 1 heterocycles. The predicted octanol–water partition coefficient (Wildman–Crippen LogP) is 3.31. The van der Waals surface area contributed by atoms with E-state index in [-0.39, 0.29) is 17.0 Å². The number of carbonyl (C=O) groups is 1. The lowest BCUT2D eigenvalue weighted by atomic mass is 10.1. The Morgan fingerprint density at radius 3 is 2.23 bits per heavy atom. The van der Waals surface area contributed by atoms with Crippen LogP contribution in [0.5, 0.6) is 0 Å². The van der Waals surface area contributed by atoms with Crippen LogP contribution in [-0.2, 0) is 10.0 Å². The summed E-state index contributed by atoms with van der Waals surface area (Å²) in [4.78, 5) is 14.2. The van der Waals surface area contributed by atoms with E-state index in [1.54, 1.807) is 17.0 Å². The number of hydrogen-bond donors (Lipinski definition) is 2. The Bertz CT molecular complexity index is 849. The number of anilines is 1. The van der Waals surface area contributed by atoms with Crippen LogP contribution in [0.2, 0.25) is 5.02 Å². The Labute approximate surface area is 158 Å². The fourth-order valence-electron chi connectivity index (χ4n) is 2.83. The van der Waals surface area contributed by atoms with Gasteiger partial charge in [-0.15, -0.1) is 0 Å². The lowest BCUT2D eigenvalue weighted by molar-refractivity contribution is 0.193. The number of likely N-dealkylation sites (tertiary alicyclic amines) is 1. The normalized spacial score (nSPS) is 15.7. The van der Waals surface area contributed by atoms with Crippen LogP contribution < -0.4 is 10.0 Å². The summed E-state index contributed by atoms with van der Waals surface area (Å²) in [5.74, 6) is 0. The van der Waals surface area contributed by atoms with Gasteiger partial charge >= 0.3 is 6.03 Å². The Morgan fingerprint density at radius 2 is 1.62 bits per heavy atom. The molecule has 0 spiro atoms. The summed E-state index contributed by atoms with van der Waals surface area (Å²) in [7, 11) is -3.59. The summed E-state index contributed by atoms with van der Waals surface area (Å²) in [6, 6.07) is 14.9. The quantitative estimate of drug-likeness (QED) is 0.836. The van der Waals surface area contributed by atoms with Crippen molar-refractivity contribution in [3.63, 3.8) is 0 Å². The molecule has 1 aliphatic heterocycles. The number of piperidine rings is 1. The van der Waals surface area contributed by atoms with Crippen molar-refractivity contribution in [3.8, 4) is 0 Å². The van der Waals surface area contributed by atoms with Crippen LogP contribution in [0.4, 0.5) is 10.5 Å². The van der Waals surface area contributed by atoms with E-state index in [0.29, 0.717) is 31.0 Å². The van der Waals surface area contributed by atoms with Gasteiger partial charge in [0.1, 0.15) is 0 Å². The molecule has 1 aliphatic rings. The van der Waals surface area contributed by atoms with Gasteiger partial charge in [0.05, 0.1) is 4.90 Å². The number of sulfonamides is 1. The van der Waals surface area contributed by atoms with Gasteiger partial charge in [-0.2, -0.15) is 0 Å². The van der Waals surface area contributed by atoms with E-state index in [1.165, 1.54) is 12.1 Å². The fourth-order valence-corrected chi connectivity index (χ4v) is 4.26. The molecule has 1 saturated heterocycles. The molecular weight excluding hydrogens is 374 g/mol. The second kappa shape index (κ2) is 8.07. The number of rotatable bonds is 4. The monoisotopic (exact) mass is 393 g/mol. The number of para-hydroxylation sites is 1. The van der Waals surface area contributed by atoms with E-state index in [4.69, 9.17) is 11.6 Å². The Kier molecular flexibility index (Phi) is 5.80. The van der Waals surface area contributed by atoms with Crippen LogP contribution in [0.3, 0.4) is 0 Å². The maximum Gasteiger partial charge on any atom is 0.321 e. The molecule has 0 aromatic heterocycles. The van der Waals surface area contributed by atoms with Gasteiger partial charge < -0.3 is 10.2 Å². The van der Waals surface area contributed by atoms with Gasteiger partial charge in [0.25, 0.3) is 0 Å². The summed E-state index contributed by atoms with van der Waals surface area (Å²) < 4.78 is 27.6. The molecule has 0 atom stereocenters. The third kappa shape index (κ3) is 4.75. The average molecular weight is 394 g/mol. The van der Waals surface area contributed by atoms with E-state index in [0.717, 1.165) is 5.69 Å². The van der Waals surface area contributed by atoms with Crippen molar-refractivity contribution in [1.82, 2.24) is 9.62 Å². The van der Waals surface area contributed by atoms with Crippen LogP contribution in [0.1, 0.15) is 12.8 Å². The lowest BCUT2D eigenvalue weighted by Gasteiger charge is -2.32. The zero-order valence-corrected chi connectivity index (χ0v) is 15.6. The first kappa shape index (κ1) is 18.7. The Hall–Kier alpha value is -2.09. The standard InChI is InChI=1S/C18H20ClN3O3S/c19-14-6-8-17(9-7-14)26(24,25)21-16-10-12-22(13-11-16)18(23)20-15-4-2-1-3-5-15/h1-9,16,21H,10-13H2,(H,20,23). The van der Waals surface area contributed by atoms with Crippen molar-refractivity contribution in [3.05, 3.63) is 59.6 Å². The summed E-state index contributed by atoms with van der Waals surface area (Å²) in [6.07, 6.45) is 1.13. The molecule has 0 bridgehead atoms. The highest BCUT2D eigenvalue weighted by Gasteiger charge is 2.26. The van der Waals surface area contributed by atoms with Crippen LogP contribution in [-0.4, -0.2) is 38.5 Å². The van der Waals surface area contributed by atoms with Crippen molar-refractivity contribution in [2.24, 2.45) is 0 Å². The first-order valence-electron chi connectivity index (χ1n) is 8.33. The second-order valence-electron chi connectivity index (χ2n) is 6.13. The molecule has 8 heteroatoms. The minimum Gasteiger partial charge on any atom is -0.324 e. The van der Waals surface area contributed by atoms with Gasteiger partial charge in [-0.1, -0.05) is 29.8 Å². The number of nitrogens with zero attached hydrogens (tertiary/aromatic N) is 1. The van der Waals surface area contributed by atoms with E-state index >= 15 is 0 Å². The Balaban J connectivity index is 1.53. The molecule has 1 fully saturated rings. The van der Waals surface area contributed by atoms with Gasteiger partial charge in [-0.3, -0.25) is 0 Å². The number of hydrogen-bond acceptors (Lipinski definition) is 3. The van der Waals surface area contributed by atoms with E-state index in [1.807, 2.05) is 30.3 Å². The molecule has 0 aliphatic carbocycles. The average Bonchev–Trinajstić information content (AvgIpc) is 2.63. The van der Waals surface area contributed by atoms with Gasteiger partial charge in [0, 0.05) is 29.8 Å². The Morgan fingerprint density at radius 1 is 1.00 bits per heavy atom. The van der Waals surface area contributed by atoms with E-state index in [9.17, 15) is 13.2 Å². The van der Waals surface area contributed by atoms with Crippen LogP contribution in [0.25, 0.3) is 0 Å². The molecule has 2 amide bonds. The van der Waals surface area contributed by atoms with Crippen LogP contribution >= 0.6 is 11.6 Å². The van der Waals surface area contributed by atoms with Gasteiger partial charge in [0.2, 0.25) is 10.0 Å². The minimum absolute atomic E-state index is 0.171. The fraction of sp³-hybridized carbons (Fsp3) is 0.278. The first-order chi connectivity index (χ1) is 12.4. The molecule has 2 aromatic carbocycles. The van der Waals surface area contributed by atoms with Crippen molar-refractivity contribution in [2.75, 3.05) is 18.4 Å². The third-order valence-electron chi connectivity index (χ3n) is 4.25. The topological polar surface area (TPSA) is 78.5 Å². The summed E-state index contributed by atoms with van der Waals surface area (Å²) in [5.41, 5.74) is 0.739. The van der Waals surface area contributed by atoms with Gasteiger partial charge in [-0.05, 0) is 49.2 Å². The number of halogens is 1. The van der Waals surface area contributed by atoms with Crippen molar-refractivity contribution in [2.45, 2.75) is 23.8 Å². The minimum atomic E-state index is -3.59. The first-order valence-corrected chi connectivity index (χ1v) is 10.2. The van der Waals surface area contributed by atoms with Crippen molar-refractivity contribution < 1.29 is 13.2 Å². The number of nitrogens with one attached hydrogen (secondary N) is 2. The number of benzene rings is 2. The molecule has 0 radical (unpaired) electrons. The predicted molar refractivity (Wildman–Crippen MR) is 102 cm³/mol. The highest BCUT2D eigenvalue weighted by molar-refractivity contribution is 7.89. The zero-order valence-electron chi connectivity index (χ0n) is 14.1. The maximum absolute atomic E-state index is 12.4. The summed E-state index contributed by atoms with van der Waals surface area (Å²) in [6.45, 7) is 0.985. The van der Waals surface area contributed by atoms with Crippen molar-refractivity contribution >= 4 is 33.3 Å². The third-order valence-corrected chi connectivity index (χ3v) is 6.04. The second-order valence-corrected chi connectivity index (χ2v) is 8.28. The SMILES string of the molecule is O=C(Nc1ccccc1)N1CCC(NS(=O)(=O)c2ccc(Cl)cc2)CC1. The molecular formula is C18H20ClN3O3S. The highest BCUT2D eigenvalue weighted by Crippen LogP contribution is 2.18. The largest absolute Gasteiger partial charge is 0.324 e. The van der Waals surface area contributed by atoms with E-state index in [2.05, 4.69) is 10.0 Å². The summed E-state index contributed by atoms with van der Waals surface area (Å²) in [5, 5.41) is 3.33. The smallest absolute Gasteiger partial charge is 0.321 e. The highest BCUT2D eigenvalue weighted by atomic mass is 35.5. The molecule has 0 saturated carbocycles. The molecule has 0 unspecified atom stereocenters. The van der Waals surface area contributed by atoms with Crippen LogP contribution in [0, 0.1) is 0 Å². The number of urea groups is 1. The molecule has 3 rings (SSSR count). The number of amides is 2. The van der Waals surface area contributed by atoms with Gasteiger partial charge in [-0.25, -0.2) is 17.9 Å². The molecule has 26 heavy (non-hydrogen) atoms. The molecule has 2 N–H and O–H groups in total. The zero-order chi connectivity index (χ0) is 18.6. The van der Waals surface area contributed by atoms with Gasteiger partial charge in [0.15, 0.2) is 0 Å². The molecule has 6 nitrogen and oxygen atoms in total. The summed E-state index contributed by atoms with van der Waals surface area (Å²) >= 11 is 5.80. The lowest BCUT2D eigenvalue weighted by Crippen LogP contribution is -2.47. The maximum atomic E-state index is 12.4. The molecule has 138 valence electrons. The van der Waals surface area contributed by atoms with Crippen LogP contribution in [0.15, 0.2) is 59.5 Å².